The zero-order valence-electron chi connectivity index (χ0n) is 13.8. The molecule has 0 radical (unpaired) electrons. The first-order valence-corrected chi connectivity index (χ1v) is 8.60. The van der Waals surface area contributed by atoms with Crippen molar-refractivity contribution in [3.8, 4) is 0 Å². The van der Waals surface area contributed by atoms with E-state index in [9.17, 15) is 9.90 Å². The Kier molecular flexibility index (Phi) is 5.53. The molecular weight excluding hydrogens is 264 g/mol. The molecule has 1 aliphatic carbocycles. The Morgan fingerprint density at radius 2 is 1.67 bits per heavy atom. The monoisotopic (exact) mass is 296 g/mol. The number of likely N-dealkylation sites (tertiary alicyclic amines) is 1. The summed E-state index contributed by atoms with van der Waals surface area (Å²) in [6, 6.07) is 0.0554. The van der Waals surface area contributed by atoms with Crippen LogP contribution in [0, 0.1) is 10.8 Å². The van der Waals surface area contributed by atoms with E-state index < -0.39 is 0 Å². The predicted molar refractivity (Wildman–Crippen MR) is 85.2 cm³/mol. The number of hydrogen-bond donors (Lipinski definition) is 2. The predicted octanol–water partition coefficient (Wildman–Crippen LogP) is 3.15. The molecule has 0 aromatic heterocycles. The number of amides is 2. The van der Waals surface area contributed by atoms with Crippen molar-refractivity contribution in [1.82, 2.24) is 10.2 Å². The molecule has 0 bridgehead atoms. The van der Waals surface area contributed by atoms with Crippen LogP contribution in [0.1, 0.15) is 65.2 Å². The molecule has 21 heavy (non-hydrogen) atoms. The summed E-state index contributed by atoms with van der Waals surface area (Å²) < 4.78 is 0. The zero-order chi connectivity index (χ0) is 15.3. The smallest absolute Gasteiger partial charge is 0.317 e. The number of nitrogens with zero attached hydrogens (tertiary/aromatic N) is 1. The molecule has 0 aromatic rings. The molecule has 4 nitrogen and oxygen atoms in total. The van der Waals surface area contributed by atoms with Crippen LogP contribution in [-0.2, 0) is 0 Å². The Labute approximate surface area is 129 Å². The number of carbonyl (C=O) groups excluding carboxylic acids is 1. The van der Waals surface area contributed by atoms with Crippen molar-refractivity contribution in [3.05, 3.63) is 0 Å². The minimum atomic E-state index is -0.123. The first-order valence-electron chi connectivity index (χ1n) is 8.60. The van der Waals surface area contributed by atoms with Crippen LogP contribution in [0.25, 0.3) is 0 Å². The lowest BCUT2D eigenvalue weighted by atomic mass is 9.82. The largest absolute Gasteiger partial charge is 0.396 e. The van der Waals surface area contributed by atoms with Gasteiger partial charge in [0.1, 0.15) is 0 Å². The highest BCUT2D eigenvalue weighted by Gasteiger charge is 2.33. The van der Waals surface area contributed by atoms with Crippen molar-refractivity contribution < 1.29 is 9.90 Å². The lowest BCUT2D eigenvalue weighted by Crippen LogP contribution is -2.51. The van der Waals surface area contributed by atoms with Gasteiger partial charge in [-0.25, -0.2) is 4.79 Å². The van der Waals surface area contributed by atoms with Crippen LogP contribution in [0.5, 0.6) is 0 Å². The van der Waals surface area contributed by atoms with Gasteiger partial charge >= 0.3 is 6.03 Å². The summed E-state index contributed by atoms with van der Waals surface area (Å²) in [5.41, 5.74) is 0.143. The normalized spacial score (nSPS) is 29.8. The first kappa shape index (κ1) is 16.6. The van der Waals surface area contributed by atoms with Gasteiger partial charge in [0.15, 0.2) is 0 Å². The number of hydrogen-bond acceptors (Lipinski definition) is 2. The first-order chi connectivity index (χ1) is 9.96. The Bertz CT molecular complexity index is 351. The highest BCUT2D eigenvalue weighted by Crippen LogP contribution is 2.34. The van der Waals surface area contributed by atoms with E-state index in [4.69, 9.17) is 0 Å². The van der Waals surface area contributed by atoms with Crippen LogP contribution >= 0.6 is 0 Å². The van der Waals surface area contributed by atoms with E-state index >= 15 is 0 Å². The molecule has 1 aliphatic heterocycles. The average Bonchev–Trinajstić information content (AvgIpc) is 2.70. The summed E-state index contributed by atoms with van der Waals surface area (Å²) in [5, 5.41) is 12.7. The van der Waals surface area contributed by atoms with Gasteiger partial charge in [-0.2, -0.15) is 0 Å². The van der Waals surface area contributed by atoms with Crippen LogP contribution in [0.4, 0.5) is 4.79 Å². The topological polar surface area (TPSA) is 52.6 Å². The molecule has 0 aromatic carbocycles. The highest BCUT2D eigenvalue weighted by molar-refractivity contribution is 5.74. The van der Waals surface area contributed by atoms with Gasteiger partial charge < -0.3 is 15.3 Å². The third-order valence-corrected chi connectivity index (χ3v) is 5.43. The number of rotatable bonds is 3. The molecule has 2 N–H and O–H groups in total. The van der Waals surface area contributed by atoms with E-state index in [0.29, 0.717) is 6.54 Å². The lowest BCUT2D eigenvalue weighted by molar-refractivity contribution is 0.0606. The average molecular weight is 296 g/mol. The third kappa shape index (κ3) is 4.60. The van der Waals surface area contributed by atoms with Crippen molar-refractivity contribution >= 4 is 6.03 Å². The van der Waals surface area contributed by atoms with Crippen molar-refractivity contribution in [1.29, 1.82) is 0 Å². The second kappa shape index (κ2) is 6.99. The standard InChI is InChI=1S/C17H32N2O2/c1-16(8-5-3-4-6-9-16)12-18-15(21)19-11-7-10-17(2,13-19)14-20/h20H,3-14H2,1-2H3,(H,18,21). The molecule has 2 amide bonds. The molecular formula is C17H32N2O2. The summed E-state index contributed by atoms with van der Waals surface area (Å²) in [4.78, 5) is 14.3. The maximum atomic E-state index is 12.4. The van der Waals surface area contributed by atoms with Gasteiger partial charge in [0.05, 0.1) is 6.61 Å². The summed E-state index contributed by atoms with van der Waals surface area (Å²) in [6.45, 7) is 6.82. The summed E-state index contributed by atoms with van der Waals surface area (Å²) in [5.74, 6) is 0. The van der Waals surface area contributed by atoms with Crippen LogP contribution in [0.3, 0.4) is 0 Å². The molecule has 1 unspecified atom stereocenters. The number of aliphatic hydroxyl groups excluding tert-OH is 1. The zero-order valence-corrected chi connectivity index (χ0v) is 13.8. The van der Waals surface area contributed by atoms with Gasteiger partial charge in [-0.3, -0.25) is 0 Å². The Balaban J connectivity index is 1.83. The van der Waals surface area contributed by atoms with Crippen molar-refractivity contribution in [2.24, 2.45) is 10.8 Å². The van der Waals surface area contributed by atoms with Gasteiger partial charge in [0, 0.05) is 25.0 Å². The number of aliphatic hydroxyl groups is 1. The molecule has 1 saturated heterocycles. The van der Waals surface area contributed by atoms with E-state index in [0.717, 1.165) is 25.9 Å². The van der Waals surface area contributed by atoms with E-state index in [-0.39, 0.29) is 23.5 Å². The Hall–Kier alpha value is -0.770. The van der Waals surface area contributed by atoms with Crippen LogP contribution < -0.4 is 5.32 Å². The van der Waals surface area contributed by atoms with Gasteiger partial charge in [-0.05, 0) is 31.1 Å². The number of urea groups is 1. The Morgan fingerprint density at radius 1 is 1.05 bits per heavy atom. The minimum Gasteiger partial charge on any atom is -0.396 e. The molecule has 2 fully saturated rings. The lowest BCUT2D eigenvalue weighted by Gasteiger charge is -2.40. The minimum absolute atomic E-state index is 0.0554. The van der Waals surface area contributed by atoms with Crippen LogP contribution in [0.15, 0.2) is 0 Å². The van der Waals surface area contributed by atoms with E-state index in [1.807, 2.05) is 4.90 Å². The molecule has 1 heterocycles. The molecule has 1 atom stereocenters. The number of piperidine rings is 1. The maximum absolute atomic E-state index is 12.4. The van der Waals surface area contributed by atoms with Gasteiger partial charge in [0.25, 0.3) is 0 Å². The maximum Gasteiger partial charge on any atom is 0.317 e. The molecule has 0 spiro atoms. The van der Waals surface area contributed by atoms with Crippen molar-refractivity contribution in [3.63, 3.8) is 0 Å². The fourth-order valence-electron chi connectivity index (χ4n) is 3.78. The van der Waals surface area contributed by atoms with Crippen molar-refractivity contribution in [2.75, 3.05) is 26.2 Å². The van der Waals surface area contributed by atoms with Gasteiger partial charge in [-0.1, -0.05) is 39.5 Å². The fourth-order valence-corrected chi connectivity index (χ4v) is 3.78. The van der Waals surface area contributed by atoms with Crippen LogP contribution in [-0.4, -0.2) is 42.3 Å². The SMILES string of the molecule is CC1(CNC(=O)N2CCCC(C)(CO)C2)CCCCCC1. The second-order valence-electron chi connectivity index (χ2n) is 7.88. The molecule has 2 aliphatic rings. The Morgan fingerprint density at radius 3 is 2.29 bits per heavy atom. The van der Waals surface area contributed by atoms with E-state index in [1.54, 1.807) is 0 Å². The van der Waals surface area contributed by atoms with Gasteiger partial charge in [-0.15, -0.1) is 0 Å². The summed E-state index contributed by atoms with van der Waals surface area (Å²) in [6.07, 6.45) is 9.70. The van der Waals surface area contributed by atoms with Gasteiger partial charge in [0.2, 0.25) is 0 Å². The second-order valence-corrected chi connectivity index (χ2v) is 7.88. The third-order valence-electron chi connectivity index (χ3n) is 5.43. The fraction of sp³-hybridized carbons (Fsp3) is 0.941. The summed E-state index contributed by atoms with van der Waals surface area (Å²) in [7, 11) is 0. The molecule has 122 valence electrons. The van der Waals surface area contributed by atoms with E-state index in [1.165, 1.54) is 38.5 Å². The summed E-state index contributed by atoms with van der Waals surface area (Å²) >= 11 is 0. The van der Waals surface area contributed by atoms with E-state index in [2.05, 4.69) is 19.2 Å². The quantitative estimate of drug-likeness (QED) is 0.786. The molecule has 2 rings (SSSR count). The highest BCUT2D eigenvalue weighted by atomic mass is 16.3. The molecule has 1 saturated carbocycles. The number of nitrogens with one attached hydrogen (secondary N) is 1. The number of carbonyl (C=O) groups is 1. The molecule has 4 heteroatoms. The van der Waals surface area contributed by atoms with Crippen LogP contribution in [0.2, 0.25) is 0 Å². The van der Waals surface area contributed by atoms with Crippen molar-refractivity contribution in [2.45, 2.75) is 65.2 Å².